The monoisotopic (exact) mass is 457 g/mol. The molecule has 0 aliphatic heterocycles. The van der Waals surface area contributed by atoms with E-state index < -0.39 is 0 Å². The van der Waals surface area contributed by atoms with E-state index >= 15 is 0 Å². The van der Waals surface area contributed by atoms with Gasteiger partial charge in [-0.1, -0.05) is 30.3 Å². The summed E-state index contributed by atoms with van der Waals surface area (Å²) in [5.41, 5.74) is 4.27. The Bertz CT molecular complexity index is 1100. The van der Waals surface area contributed by atoms with Gasteiger partial charge in [-0.3, -0.25) is 4.79 Å². The first-order valence-electron chi connectivity index (χ1n) is 11.4. The minimum Gasteiger partial charge on any atom is -0.497 e. The molecule has 6 heteroatoms. The van der Waals surface area contributed by atoms with Crippen LogP contribution in [0.5, 0.6) is 5.75 Å². The van der Waals surface area contributed by atoms with Crippen LogP contribution in [0, 0.1) is 0 Å². The molecule has 0 aliphatic carbocycles. The van der Waals surface area contributed by atoms with Gasteiger partial charge >= 0.3 is 6.03 Å². The number of carbonyl (C=O) groups is 2. The molecular weight excluding hydrogens is 426 g/mol. The molecule has 0 bridgehead atoms. The van der Waals surface area contributed by atoms with Gasteiger partial charge < -0.3 is 20.3 Å². The number of nitrogens with zero attached hydrogens (tertiary/aromatic N) is 1. The zero-order chi connectivity index (χ0) is 24.3. The molecule has 0 aliphatic rings. The van der Waals surface area contributed by atoms with E-state index in [9.17, 15) is 9.59 Å². The van der Waals surface area contributed by atoms with E-state index in [2.05, 4.69) is 41.5 Å². The Kier molecular flexibility index (Phi) is 8.86. The van der Waals surface area contributed by atoms with Crippen LogP contribution in [0.1, 0.15) is 35.3 Å². The third-order valence-electron chi connectivity index (χ3n) is 5.49. The fourth-order valence-electron chi connectivity index (χ4n) is 3.47. The second-order valence-corrected chi connectivity index (χ2v) is 7.69. The standard InChI is InChI=1S/C28H31N3O3/c1-4-31(5-2)25-15-6-21(7-16-25)10-19-27(32)23-11-13-24(14-12-23)30-28(33)29-20-22-8-17-26(34-3)18-9-22/h6-19H,4-5,20H2,1-3H3,(H2,29,30,33). The van der Waals surface area contributed by atoms with Crippen LogP contribution in [-0.2, 0) is 6.54 Å². The normalized spacial score (nSPS) is 10.7. The van der Waals surface area contributed by atoms with Gasteiger partial charge in [-0.05, 0) is 79.6 Å². The SMILES string of the molecule is CCN(CC)c1ccc(C=CC(=O)c2ccc(NC(=O)NCc3ccc(OC)cc3)cc2)cc1. The number of carbonyl (C=O) groups excluding carboxylic acids is 2. The fraction of sp³-hybridized carbons (Fsp3) is 0.214. The van der Waals surface area contributed by atoms with E-state index in [1.54, 1.807) is 37.5 Å². The number of methoxy groups -OCH3 is 1. The number of nitrogens with one attached hydrogen (secondary N) is 2. The summed E-state index contributed by atoms with van der Waals surface area (Å²) in [6, 6.07) is 22.2. The quantitative estimate of drug-likeness (QED) is 0.300. The summed E-state index contributed by atoms with van der Waals surface area (Å²) >= 11 is 0. The first-order chi connectivity index (χ1) is 16.5. The summed E-state index contributed by atoms with van der Waals surface area (Å²) in [7, 11) is 1.61. The Morgan fingerprint density at radius 2 is 1.53 bits per heavy atom. The second-order valence-electron chi connectivity index (χ2n) is 7.69. The van der Waals surface area contributed by atoms with Gasteiger partial charge in [0.25, 0.3) is 0 Å². The molecule has 3 rings (SSSR count). The van der Waals surface area contributed by atoms with Crippen LogP contribution < -0.4 is 20.3 Å². The van der Waals surface area contributed by atoms with E-state index in [-0.39, 0.29) is 11.8 Å². The topological polar surface area (TPSA) is 70.7 Å². The molecule has 0 aromatic heterocycles. The minimum absolute atomic E-state index is 0.0941. The summed E-state index contributed by atoms with van der Waals surface area (Å²) in [4.78, 5) is 27.0. The average Bonchev–Trinajstić information content (AvgIpc) is 2.88. The number of anilines is 2. The van der Waals surface area contributed by atoms with Crippen LogP contribution in [0.25, 0.3) is 6.08 Å². The minimum atomic E-state index is -0.317. The zero-order valence-corrected chi connectivity index (χ0v) is 19.9. The van der Waals surface area contributed by atoms with Crippen molar-refractivity contribution in [3.8, 4) is 5.75 Å². The van der Waals surface area contributed by atoms with Crippen molar-refractivity contribution in [1.82, 2.24) is 5.32 Å². The molecule has 0 atom stereocenters. The van der Waals surface area contributed by atoms with Crippen LogP contribution in [0.3, 0.4) is 0 Å². The lowest BCUT2D eigenvalue weighted by Crippen LogP contribution is -2.28. The molecule has 0 saturated carbocycles. The molecule has 2 N–H and O–H groups in total. The van der Waals surface area contributed by atoms with Crippen molar-refractivity contribution >= 4 is 29.3 Å². The van der Waals surface area contributed by atoms with Gasteiger partial charge in [-0.15, -0.1) is 0 Å². The highest BCUT2D eigenvalue weighted by molar-refractivity contribution is 6.07. The number of hydrogen-bond donors (Lipinski definition) is 2. The maximum atomic E-state index is 12.5. The highest BCUT2D eigenvalue weighted by Gasteiger charge is 2.06. The number of benzene rings is 3. The van der Waals surface area contributed by atoms with Crippen LogP contribution in [0.15, 0.2) is 78.9 Å². The highest BCUT2D eigenvalue weighted by atomic mass is 16.5. The van der Waals surface area contributed by atoms with E-state index in [0.717, 1.165) is 30.0 Å². The van der Waals surface area contributed by atoms with Gasteiger partial charge in [-0.25, -0.2) is 4.79 Å². The lowest BCUT2D eigenvalue weighted by Gasteiger charge is -2.20. The first-order valence-corrected chi connectivity index (χ1v) is 11.4. The lowest BCUT2D eigenvalue weighted by atomic mass is 10.1. The number of rotatable bonds is 10. The van der Waals surface area contributed by atoms with E-state index in [1.807, 2.05) is 42.5 Å². The van der Waals surface area contributed by atoms with Gasteiger partial charge in [0, 0.05) is 36.6 Å². The number of ketones is 1. The molecule has 2 amide bonds. The molecule has 3 aromatic rings. The van der Waals surface area contributed by atoms with Gasteiger partial charge in [0.15, 0.2) is 5.78 Å². The Morgan fingerprint density at radius 3 is 2.12 bits per heavy atom. The van der Waals surface area contributed by atoms with Crippen molar-refractivity contribution in [3.63, 3.8) is 0 Å². The highest BCUT2D eigenvalue weighted by Crippen LogP contribution is 2.17. The van der Waals surface area contributed by atoms with E-state index in [1.165, 1.54) is 5.69 Å². The fourth-order valence-corrected chi connectivity index (χ4v) is 3.47. The molecule has 0 fully saturated rings. The predicted molar refractivity (Wildman–Crippen MR) is 139 cm³/mol. The third kappa shape index (κ3) is 6.97. The summed E-state index contributed by atoms with van der Waals surface area (Å²) in [5.74, 6) is 0.675. The predicted octanol–water partition coefficient (Wildman–Crippen LogP) is 5.76. The molecule has 6 nitrogen and oxygen atoms in total. The number of allylic oxidation sites excluding steroid dienone is 1. The van der Waals surface area contributed by atoms with Crippen LogP contribution in [0.4, 0.5) is 16.2 Å². The third-order valence-corrected chi connectivity index (χ3v) is 5.49. The molecule has 3 aromatic carbocycles. The zero-order valence-electron chi connectivity index (χ0n) is 19.9. The van der Waals surface area contributed by atoms with E-state index in [4.69, 9.17) is 4.74 Å². The molecule has 0 heterocycles. The van der Waals surface area contributed by atoms with Crippen molar-refractivity contribution in [1.29, 1.82) is 0 Å². The van der Waals surface area contributed by atoms with Crippen molar-refractivity contribution in [3.05, 3.63) is 95.6 Å². The maximum absolute atomic E-state index is 12.5. The van der Waals surface area contributed by atoms with Crippen molar-refractivity contribution < 1.29 is 14.3 Å². The van der Waals surface area contributed by atoms with Crippen molar-refractivity contribution in [2.45, 2.75) is 20.4 Å². The van der Waals surface area contributed by atoms with Crippen LogP contribution in [0.2, 0.25) is 0 Å². The Hall–Kier alpha value is -4.06. The molecule has 0 radical (unpaired) electrons. The van der Waals surface area contributed by atoms with Crippen LogP contribution in [-0.4, -0.2) is 32.0 Å². The van der Waals surface area contributed by atoms with Gasteiger partial charge in [-0.2, -0.15) is 0 Å². The molecule has 0 unspecified atom stereocenters. The summed E-state index contributed by atoms with van der Waals surface area (Å²) in [5, 5.41) is 5.58. The maximum Gasteiger partial charge on any atom is 0.319 e. The average molecular weight is 458 g/mol. The molecule has 0 saturated heterocycles. The Balaban J connectivity index is 1.50. The number of amides is 2. The number of ether oxygens (including phenoxy) is 1. The second kappa shape index (κ2) is 12.3. The van der Waals surface area contributed by atoms with Crippen LogP contribution >= 0.6 is 0 Å². The van der Waals surface area contributed by atoms with Gasteiger partial charge in [0.05, 0.1) is 7.11 Å². The molecule has 176 valence electrons. The summed E-state index contributed by atoms with van der Waals surface area (Å²) in [6.07, 6.45) is 3.38. The summed E-state index contributed by atoms with van der Waals surface area (Å²) < 4.78 is 5.13. The number of urea groups is 1. The summed E-state index contributed by atoms with van der Waals surface area (Å²) in [6.45, 7) is 6.57. The Morgan fingerprint density at radius 1 is 0.882 bits per heavy atom. The largest absolute Gasteiger partial charge is 0.497 e. The lowest BCUT2D eigenvalue weighted by molar-refractivity contribution is 0.104. The molecule has 0 spiro atoms. The van der Waals surface area contributed by atoms with Gasteiger partial charge in [0.2, 0.25) is 0 Å². The Labute approximate surface area is 201 Å². The van der Waals surface area contributed by atoms with Crippen molar-refractivity contribution in [2.24, 2.45) is 0 Å². The molecule has 34 heavy (non-hydrogen) atoms. The van der Waals surface area contributed by atoms with Gasteiger partial charge in [0.1, 0.15) is 5.75 Å². The smallest absolute Gasteiger partial charge is 0.319 e. The molecular formula is C28H31N3O3. The van der Waals surface area contributed by atoms with E-state index in [0.29, 0.717) is 17.8 Å². The number of hydrogen-bond acceptors (Lipinski definition) is 4. The first kappa shape index (κ1) is 24.6. The van der Waals surface area contributed by atoms with Crippen molar-refractivity contribution in [2.75, 3.05) is 30.4 Å².